The molecular weight excluding hydrogens is 202 g/mol. The van der Waals surface area contributed by atoms with Crippen LogP contribution in [0.4, 0.5) is 0 Å². The monoisotopic (exact) mass is 225 g/mol. The van der Waals surface area contributed by atoms with Gasteiger partial charge in [-0.15, -0.1) is 0 Å². The van der Waals surface area contributed by atoms with Gasteiger partial charge in [-0.05, 0) is 32.5 Å². The third-order valence-electron chi connectivity index (χ3n) is 2.62. The minimum absolute atomic E-state index is 0.748. The molecule has 0 aromatic carbocycles. The summed E-state index contributed by atoms with van der Waals surface area (Å²) in [6.45, 7) is 8.94. The fourth-order valence-corrected chi connectivity index (χ4v) is 1.67. The van der Waals surface area contributed by atoms with Crippen LogP contribution < -0.4 is 5.73 Å². The minimum atomic E-state index is 0.748. The van der Waals surface area contributed by atoms with Crippen LogP contribution in [0.25, 0.3) is 0 Å². The molecule has 1 aromatic rings. The average molecular weight is 225 g/mol. The summed E-state index contributed by atoms with van der Waals surface area (Å²) >= 11 is 0. The van der Waals surface area contributed by atoms with Gasteiger partial charge in [-0.25, -0.2) is 9.67 Å². The van der Waals surface area contributed by atoms with E-state index in [1.807, 2.05) is 4.68 Å². The van der Waals surface area contributed by atoms with E-state index >= 15 is 0 Å². The highest BCUT2D eigenvalue weighted by Crippen LogP contribution is 2.02. The van der Waals surface area contributed by atoms with Gasteiger partial charge in [0.2, 0.25) is 0 Å². The molecule has 0 radical (unpaired) electrons. The highest BCUT2D eigenvalue weighted by atomic mass is 15.3. The van der Waals surface area contributed by atoms with Gasteiger partial charge in [0.1, 0.15) is 12.2 Å². The molecule has 0 bridgehead atoms. The molecule has 0 unspecified atom stereocenters. The number of aromatic nitrogens is 3. The van der Waals surface area contributed by atoms with Crippen molar-refractivity contribution >= 4 is 0 Å². The van der Waals surface area contributed by atoms with Crippen LogP contribution in [-0.4, -0.2) is 39.3 Å². The summed E-state index contributed by atoms with van der Waals surface area (Å²) < 4.78 is 1.99. The predicted molar refractivity (Wildman–Crippen MR) is 64.9 cm³/mol. The Balaban J connectivity index is 2.51. The van der Waals surface area contributed by atoms with Gasteiger partial charge < -0.3 is 5.73 Å². The quantitative estimate of drug-likeness (QED) is 0.713. The topological polar surface area (TPSA) is 60.0 Å². The largest absolute Gasteiger partial charge is 0.330 e. The third-order valence-corrected chi connectivity index (χ3v) is 2.62. The van der Waals surface area contributed by atoms with E-state index in [2.05, 4.69) is 28.8 Å². The van der Waals surface area contributed by atoms with E-state index in [0.29, 0.717) is 0 Å². The summed E-state index contributed by atoms with van der Waals surface area (Å²) in [6.07, 6.45) is 3.77. The zero-order valence-electron chi connectivity index (χ0n) is 10.4. The van der Waals surface area contributed by atoms with Crippen molar-refractivity contribution in [2.24, 2.45) is 5.73 Å². The molecule has 1 heterocycles. The minimum Gasteiger partial charge on any atom is -0.330 e. The van der Waals surface area contributed by atoms with E-state index < -0.39 is 0 Å². The van der Waals surface area contributed by atoms with Crippen molar-refractivity contribution in [1.82, 2.24) is 19.7 Å². The van der Waals surface area contributed by atoms with Gasteiger partial charge in [-0.2, -0.15) is 5.10 Å². The third kappa shape index (κ3) is 3.90. The molecule has 16 heavy (non-hydrogen) atoms. The Morgan fingerprint density at radius 1 is 1.44 bits per heavy atom. The van der Waals surface area contributed by atoms with E-state index in [1.54, 1.807) is 6.33 Å². The van der Waals surface area contributed by atoms with Gasteiger partial charge >= 0.3 is 0 Å². The van der Waals surface area contributed by atoms with Gasteiger partial charge in [0.25, 0.3) is 0 Å². The van der Waals surface area contributed by atoms with Crippen LogP contribution in [0, 0.1) is 0 Å². The van der Waals surface area contributed by atoms with E-state index in [0.717, 1.165) is 51.4 Å². The second-order valence-corrected chi connectivity index (χ2v) is 3.91. The summed E-state index contributed by atoms with van der Waals surface area (Å²) in [5.41, 5.74) is 5.52. The maximum atomic E-state index is 5.52. The van der Waals surface area contributed by atoms with Crippen molar-refractivity contribution in [2.45, 2.75) is 39.8 Å². The molecule has 0 spiro atoms. The van der Waals surface area contributed by atoms with Crippen LogP contribution in [-0.2, 0) is 13.1 Å². The highest BCUT2D eigenvalue weighted by molar-refractivity contribution is 4.84. The zero-order valence-corrected chi connectivity index (χ0v) is 10.4. The van der Waals surface area contributed by atoms with E-state index in [1.165, 1.54) is 0 Å². The Morgan fingerprint density at radius 2 is 2.25 bits per heavy atom. The molecule has 0 aliphatic heterocycles. The zero-order chi connectivity index (χ0) is 11.8. The van der Waals surface area contributed by atoms with Crippen LogP contribution in [0.3, 0.4) is 0 Å². The molecule has 92 valence electrons. The molecule has 0 aliphatic rings. The lowest BCUT2D eigenvalue weighted by atomic mass is 10.3. The number of hydrogen-bond donors (Lipinski definition) is 1. The first-order valence-electron chi connectivity index (χ1n) is 6.10. The Bertz CT molecular complexity index is 284. The molecule has 0 saturated carbocycles. The summed E-state index contributed by atoms with van der Waals surface area (Å²) in [4.78, 5) is 6.66. The molecule has 1 rings (SSSR count). The number of nitrogens with two attached hydrogens (primary N) is 1. The standard InChI is InChI=1S/C11H23N5/c1-3-7-16-11(13-10-14-16)9-15(4-2)8-5-6-12/h10H,3-9,12H2,1-2H3. The van der Waals surface area contributed by atoms with E-state index in [-0.39, 0.29) is 0 Å². The lowest BCUT2D eigenvalue weighted by molar-refractivity contribution is 0.265. The van der Waals surface area contributed by atoms with Crippen molar-refractivity contribution < 1.29 is 0 Å². The maximum absolute atomic E-state index is 5.52. The normalized spacial score (nSPS) is 11.2. The van der Waals surface area contributed by atoms with Crippen molar-refractivity contribution in [3.63, 3.8) is 0 Å². The van der Waals surface area contributed by atoms with E-state index in [4.69, 9.17) is 5.73 Å². The number of nitrogens with zero attached hydrogens (tertiary/aromatic N) is 4. The van der Waals surface area contributed by atoms with Crippen molar-refractivity contribution in [2.75, 3.05) is 19.6 Å². The lowest BCUT2D eigenvalue weighted by Gasteiger charge is -2.19. The number of aryl methyl sites for hydroxylation is 1. The van der Waals surface area contributed by atoms with Crippen LogP contribution in [0.2, 0.25) is 0 Å². The Hall–Kier alpha value is -0.940. The van der Waals surface area contributed by atoms with Crippen LogP contribution >= 0.6 is 0 Å². The van der Waals surface area contributed by atoms with Crippen LogP contribution in [0.15, 0.2) is 6.33 Å². The summed E-state index contributed by atoms with van der Waals surface area (Å²) in [6, 6.07) is 0. The predicted octanol–water partition coefficient (Wildman–Crippen LogP) is 0.859. The Kier molecular flexibility index (Phi) is 6.03. The maximum Gasteiger partial charge on any atom is 0.141 e. The van der Waals surface area contributed by atoms with Crippen molar-refractivity contribution in [1.29, 1.82) is 0 Å². The lowest BCUT2D eigenvalue weighted by Crippen LogP contribution is -2.27. The molecule has 0 amide bonds. The second-order valence-electron chi connectivity index (χ2n) is 3.91. The molecule has 5 nitrogen and oxygen atoms in total. The van der Waals surface area contributed by atoms with Gasteiger partial charge in [-0.3, -0.25) is 4.90 Å². The van der Waals surface area contributed by atoms with Crippen molar-refractivity contribution in [3.8, 4) is 0 Å². The SMILES string of the molecule is CCCn1ncnc1CN(CC)CCCN. The molecule has 0 saturated heterocycles. The summed E-state index contributed by atoms with van der Waals surface area (Å²) in [5.74, 6) is 1.06. The van der Waals surface area contributed by atoms with Crippen LogP contribution in [0.5, 0.6) is 0 Å². The Morgan fingerprint density at radius 3 is 2.88 bits per heavy atom. The molecule has 0 aliphatic carbocycles. The second kappa shape index (κ2) is 7.35. The van der Waals surface area contributed by atoms with Crippen LogP contribution in [0.1, 0.15) is 32.5 Å². The van der Waals surface area contributed by atoms with Gasteiger partial charge in [0, 0.05) is 6.54 Å². The first kappa shape index (κ1) is 13.1. The smallest absolute Gasteiger partial charge is 0.141 e. The van der Waals surface area contributed by atoms with Crippen molar-refractivity contribution in [3.05, 3.63) is 12.2 Å². The summed E-state index contributed by atoms with van der Waals surface area (Å²) in [5, 5.41) is 4.23. The highest BCUT2D eigenvalue weighted by Gasteiger charge is 2.08. The molecule has 1 aromatic heterocycles. The van der Waals surface area contributed by atoms with E-state index in [9.17, 15) is 0 Å². The van der Waals surface area contributed by atoms with Gasteiger partial charge in [-0.1, -0.05) is 13.8 Å². The first-order valence-corrected chi connectivity index (χ1v) is 6.10. The van der Waals surface area contributed by atoms with Gasteiger partial charge in [0.15, 0.2) is 0 Å². The van der Waals surface area contributed by atoms with Gasteiger partial charge in [0.05, 0.1) is 6.54 Å². The first-order chi connectivity index (χ1) is 7.81. The average Bonchev–Trinajstić information content (AvgIpc) is 2.72. The molecule has 0 fully saturated rings. The molecule has 2 N–H and O–H groups in total. The number of hydrogen-bond acceptors (Lipinski definition) is 4. The molecular formula is C11H23N5. The fraction of sp³-hybridized carbons (Fsp3) is 0.818. The number of rotatable bonds is 8. The fourth-order valence-electron chi connectivity index (χ4n) is 1.67. The Labute approximate surface area is 97.6 Å². The molecule has 5 heteroatoms. The molecule has 0 atom stereocenters. The summed E-state index contributed by atoms with van der Waals surface area (Å²) in [7, 11) is 0.